The van der Waals surface area contributed by atoms with E-state index in [0.717, 1.165) is 16.0 Å². The largest absolute Gasteiger partial charge is 0.482 e. The van der Waals surface area contributed by atoms with E-state index in [2.05, 4.69) is 5.32 Å². The van der Waals surface area contributed by atoms with Crippen molar-refractivity contribution in [3.8, 4) is 5.75 Å². The van der Waals surface area contributed by atoms with Crippen LogP contribution < -0.4 is 10.1 Å². The maximum Gasteiger partial charge on any atom is 0.344 e. The average Bonchev–Trinajstić information content (AvgIpc) is 2.91. The summed E-state index contributed by atoms with van der Waals surface area (Å²) in [4.78, 5) is 36.2. The lowest BCUT2D eigenvalue weighted by Gasteiger charge is -2.18. The molecule has 7 nitrogen and oxygen atoms in total. The number of benzene rings is 1. The molecule has 1 atom stereocenters. The molecule has 1 aromatic carbocycles. The van der Waals surface area contributed by atoms with E-state index in [1.807, 2.05) is 26.0 Å². The van der Waals surface area contributed by atoms with Gasteiger partial charge in [-0.1, -0.05) is 17.7 Å². The minimum absolute atomic E-state index is 0.276. The molecule has 1 saturated heterocycles. The van der Waals surface area contributed by atoms with Crippen molar-refractivity contribution in [2.45, 2.75) is 26.9 Å². The standard InChI is InChI=1S/C16H20N2O5/c1-10-4-5-13(11(2)8-10)22-9-14(19)23-12(3)15(20)18-7-6-17-16(18)21/h4-5,8,12H,6-7,9H2,1-3H3,(H,17,21)/t12-/m1/s1. The molecule has 1 N–H and O–H groups in total. The topological polar surface area (TPSA) is 84.9 Å². The lowest BCUT2D eigenvalue weighted by molar-refractivity contribution is -0.159. The molecule has 2 rings (SSSR count). The second-order valence-electron chi connectivity index (χ2n) is 5.41. The molecule has 0 aliphatic carbocycles. The van der Waals surface area contributed by atoms with Gasteiger partial charge in [-0.15, -0.1) is 0 Å². The highest BCUT2D eigenvalue weighted by molar-refractivity contribution is 5.98. The van der Waals surface area contributed by atoms with Crippen LogP contribution in [0.2, 0.25) is 0 Å². The number of hydrogen-bond donors (Lipinski definition) is 1. The summed E-state index contributed by atoms with van der Waals surface area (Å²) in [5.74, 6) is -0.615. The molecule has 0 unspecified atom stereocenters. The van der Waals surface area contributed by atoms with Gasteiger partial charge in [0.25, 0.3) is 5.91 Å². The fourth-order valence-electron chi connectivity index (χ4n) is 2.28. The number of nitrogens with zero attached hydrogens (tertiary/aromatic N) is 1. The van der Waals surface area contributed by atoms with E-state index in [1.54, 1.807) is 6.07 Å². The number of esters is 1. The first-order valence-corrected chi connectivity index (χ1v) is 7.37. The van der Waals surface area contributed by atoms with E-state index >= 15 is 0 Å². The first-order chi connectivity index (χ1) is 10.9. The Kier molecular flexibility index (Phi) is 5.20. The smallest absolute Gasteiger partial charge is 0.344 e. The first kappa shape index (κ1) is 16.8. The van der Waals surface area contributed by atoms with Crippen molar-refractivity contribution in [1.82, 2.24) is 10.2 Å². The number of ether oxygens (including phenoxy) is 2. The van der Waals surface area contributed by atoms with Gasteiger partial charge in [-0.25, -0.2) is 9.59 Å². The summed E-state index contributed by atoms with van der Waals surface area (Å²) in [6.07, 6.45) is -1.03. The van der Waals surface area contributed by atoms with Gasteiger partial charge in [0.15, 0.2) is 12.7 Å². The van der Waals surface area contributed by atoms with Crippen LogP contribution in [0.15, 0.2) is 18.2 Å². The summed E-state index contributed by atoms with van der Waals surface area (Å²) in [7, 11) is 0. The van der Waals surface area contributed by atoms with Gasteiger partial charge in [0, 0.05) is 13.1 Å². The quantitative estimate of drug-likeness (QED) is 0.823. The molecule has 1 aromatic rings. The third kappa shape index (κ3) is 4.21. The summed E-state index contributed by atoms with van der Waals surface area (Å²) in [5, 5.41) is 2.52. The molecule has 3 amide bonds. The summed E-state index contributed by atoms with van der Waals surface area (Å²) < 4.78 is 10.4. The molecule has 1 fully saturated rings. The fraction of sp³-hybridized carbons (Fsp3) is 0.438. The summed E-state index contributed by atoms with van der Waals surface area (Å²) >= 11 is 0. The number of carbonyl (C=O) groups excluding carboxylic acids is 3. The van der Waals surface area contributed by atoms with Crippen LogP contribution in [-0.4, -0.2) is 48.6 Å². The Morgan fingerprint density at radius 2 is 2.09 bits per heavy atom. The van der Waals surface area contributed by atoms with Crippen LogP contribution in [0.1, 0.15) is 18.1 Å². The van der Waals surface area contributed by atoms with Crippen molar-refractivity contribution >= 4 is 17.9 Å². The van der Waals surface area contributed by atoms with Crippen molar-refractivity contribution in [3.63, 3.8) is 0 Å². The number of urea groups is 1. The Labute approximate surface area is 134 Å². The monoisotopic (exact) mass is 320 g/mol. The minimum atomic E-state index is -1.03. The van der Waals surface area contributed by atoms with Crippen molar-refractivity contribution in [3.05, 3.63) is 29.3 Å². The summed E-state index contributed by atoms with van der Waals surface area (Å²) in [6.45, 7) is 5.66. The van der Waals surface area contributed by atoms with Crippen molar-refractivity contribution in [2.75, 3.05) is 19.7 Å². The van der Waals surface area contributed by atoms with Crippen LogP contribution >= 0.6 is 0 Å². The predicted octanol–water partition coefficient (Wildman–Crippen LogP) is 1.17. The molecule has 0 radical (unpaired) electrons. The first-order valence-electron chi connectivity index (χ1n) is 7.37. The molecular weight excluding hydrogens is 300 g/mol. The van der Waals surface area contributed by atoms with Gasteiger partial charge in [-0.05, 0) is 32.4 Å². The Bertz CT molecular complexity index is 629. The summed E-state index contributed by atoms with van der Waals surface area (Å²) in [5.41, 5.74) is 2.01. The normalized spacial score (nSPS) is 15.1. The van der Waals surface area contributed by atoms with Gasteiger partial charge in [0.05, 0.1) is 0 Å². The molecule has 0 aromatic heterocycles. The van der Waals surface area contributed by atoms with E-state index in [4.69, 9.17) is 9.47 Å². The maximum absolute atomic E-state index is 12.0. The van der Waals surface area contributed by atoms with Crippen molar-refractivity contribution < 1.29 is 23.9 Å². The number of amides is 3. The van der Waals surface area contributed by atoms with Crippen LogP contribution in [0.3, 0.4) is 0 Å². The molecule has 0 spiro atoms. The van der Waals surface area contributed by atoms with E-state index in [9.17, 15) is 14.4 Å². The van der Waals surface area contributed by atoms with Gasteiger partial charge < -0.3 is 14.8 Å². The van der Waals surface area contributed by atoms with E-state index in [1.165, 1.54) is 6.92 Å². The molecule has 0 bridgehead atoms. The Morgan fingerprint density at radius 3 is 2.70 bits per heavy atom. The lowest BCUT2D eigenvalue weighted by Crippen LogP contribution is -2.42. The molecule has 124 valence electrons. The third-order valence-electron chi connectivity index (χ3n) is 3.45. The zero-order chi connectivity index (χ0) is 17.0. The minimum Gasteiger partial charge on any atom is -0.482 e. The van der Waals surface area contributed by atoms with Crippen LogP contribution in [0.25, 0.3) is 0 Å². The Hall–Kier alpha value is -2.57. The van der Waals surface area contributed by atoms with Gasteiger partial charge in [0.1, 0.15) is 5.75 Å². The second-order valence-corrected chi connectivity index (χ2v) is 5.41. The van der Waals surface area contributed by atoms with Crippen molar-refractivity contribution in [2.24, 2.45) is 0 Å². The number of aryl methyl sites for hydroxylation is 2. The molecule has 0 saturated carbocycles. The zero-order valence-electron chi connectivity index (χ0n) is 13.4. The third-order valence-corrected chi connectivity index (χ3v) is 3.45. The molecule has 23 heavy (non-hydrogen) atoms. The molecule has 1 aliphatic heterocycles. The zero-order valence-corrected chi connectivity index (χ0v) is 13.4. The van der Waals surface area contributed by atoms with Crippen molar-refractivity contribution in [1.29, 1.82) is 0 Å². The van der Waals surface area contributed by atoms with Gasteiger partial charge in [0.2, 0.25) is 0 Å². The highest BCUT2D eigenvalue weighted by atomic mass is 16.6. The predicted molar refractivity (Wildman–Crippen MR) is 82.1 cm³/mol. The molecular formula is C16H20N2O5. The lowest BCUT2D eigenvalue weighted by atomic mass is 10.1. The number of rotatable bonds is 5. The molecule has 1 heterocycles. The van der Waals surface area contributed by atoms with Gasteiger partial charge >= 0.3 is 12.0 Å². The number of nitrogens with one attached hydrogen (secondary N) is 1. The Morgan fingerprint density at radius 1 is 1.35 bits per heavy atom. The molecule has 1 aliphatic rings. The Balaban J connectivity index is 1.84. The van der Waals surface area contributed by atoms with E-state index < -0.39 is 24.0 Å². The van der Waals surface area contributed by atoms with Gasteiger partial charge in [-0.3, -0.25) is 9.69 Å². The number of hydrogen-bond acceptors (Lipinski definition) is 5. The van der Waals surface area contributed by atoms with Crippen LogP contribution in [0, 0.1) is 13.8 Å². The van der Waals surface area contributed by atoms with Gasteiger partial charge in [-0.2, -0.15) is 0 Å². The number of imide groups is 1. The fourth-order valence-corrected chi connectivity index (χ4v) is 2.28. The second kappa shape index (κ2) is 7.13. The number of carbonyl (C=O) groups is 3. The van der Waals surface area contributed by atoms with Crippen LogP contribution in [-0.2, 0) is 14.3 Å². The highest BCUT2D eigenvalue weighted by Crippen LogP contribution is 2.18. The molecule has 7 heteroatoms. The van der Waals surface area contributed by atoms with E-state index in [0.29, 0.717) is 12.3 Å². The van der Waals surface area contributed by atoms with E-state index in [-0.39, 0.29) is 13.2 Å². The SMILES string of the molecule is Cc1ccc(OCC(=O)O[C@H](C)C(=O)N2CCNC2=O)c(C)c1. The van der Waals surface area contributed by atoms with Crippen LogP contribution in [0.4, 0.5) is 4.79 Å². The summed E-state index contributed by atoms with van der Waals surface area (Å²) in [6, 6.07) is 5.13. The maximum atomic E-state index is 12.0. The van der Waals surface area contributed by atoms with Crippen LogP contribution in [0.5, 0.6) is 5.75 Å². The average molecular weight is 320 g/mol. The highest BCUT2D eigenvalue weighted by Gasteiger charge is 2.31.